The van der Waals surface area contributed by atoms with E-state index in [1.165, 1.54) is 6.07 Å². The number of carboxylic acids is 2. The Morgan fingerprint density at radius 3 is 1.88 bits per heavy atom. The lowest BCUT2D eigenvalue weighted by Crippen LogP contribution is -2.30. The number of carbonyl (C=O) groups excluding carboxylic acids is 1. The predicted molar refractivity (Wildman–Crippen MR) is 140 cm³/mol. The van der Waals surface area contributed by atoms with Gasteiger partial charge in [-0.05, 0) is 37.0 Å². The number of carboxylic acid groups (broad SMARTS) is 2. The Hall–Kier alpha value is -3.95. The van der Waals surface area contributed by atoms with Crippen LogP contribution in [0.1, 0.15) is 40.0 Å². The van der Waals surface area contributed by atoms with Crippen molar-refractivity contribution in [2.24, 2.45) is 0 Å². The van der Waals surface area contributed by atoms with Gasteiger partial charge >= 0.3 is 24.3 Å². The highest BCUT2D eigenvalue weighted by atomic mass is 19.4. The standard InChI is InChI=1S/C23H29FN4O.2C2HF3O2/c1-26(2)22-19(23(29)28-11-5-6-12-28)15-17-9-13-27(14-10-21(17)25-22)16-18-7-3-4-8-20(18)24;2*3-2(4,5)1(6)7/h3-4,7-8,15H,5-6,9-14,16H2,1-2H3;2*(H,6,7). The molecule has 0 bridgehead atoms. The van der Waals surface area contributed by atoms with Crippen LogP contribution in [0.5, 0.6) is 0 Å². The second-order valence-corrected chi connectivity index (χ2v) is 9.83. The minimum Gasteiger partial charge on any atom is -0.475 e. The van der Waals surface area contributed by atoms with E-state index in [1.807, 2.05) is 36.0 Å². The van der Waals surface area contributed by atoms with Gasteiger partial charge in [-0.3, -0.25) is 9.69 Å². The van der Waals surface area contributed by atoms with Gasteiger partial charge in [0.2, 0.25) is 0 Å². The second kappa shape index (κ2) is 15.0. The van der Waals surface area contributed by atoms with Gasteiger partial charge in [-0.1, -0.05) is 18.2 Å². The number of nitrogens with zero attached hydrogens (tertiary/aromatic N) is 4. The first-order chi connectivity index (χ1) is 19.9. The maximum Gasteiger partial charge on any atom is 0.490 e. The summed E-state index contributed by atoms with van der Waals surface area (Å²) in [7, 11) is 3.88. The molecule has 1 aromatic heterocycles. The molecule has 2 aliphatic heterocycles. The van der Waals surface area contributed by atoms with Crippen LogP contribution in [0.4, 0.5) is 36.6 Å². The van der Waals surface area contributed by atoms with Crippen LogP contribution in [0.15, 0.2) is 30.3 Å². The topological polar surface area (TPSA) is 114 Å². The van der Waals surface area contributed by atoms with Gasteiger partial charge in [-0.2, -0.15) is 26.3 Å². The van der Waals surface area contributed by atoms with Crippen LogP contribution in [0, 0.1) is 5.82 Å². The molecule has 0 atom stereocenters. The van der Waals surface area contributed by atoms with E-state index in [0.29, 0.717) is 12.1 Å². The van der Waals surface area contributed by atoms with Gasteiger partial charge in [-0.15, -0.1) is 0 Å². The number of carbonyl (C=O) groups is 3. The van der Waals surface area contributed by atoms with Crippen molar-refractivity contribution in [3.63, 3.8) is 0 Å². The van der Waals surface area contributed by atoms with Gasteiger partial charge < -0.3 is 20.0 Å². The molecule has 238 valence electrons. The lowest BCUT2D eigenvalue weighted by Gasteiger charge is -2.22. The highest BCUT2D eigenvalue weighted by molar-refractivity contribution is 5.99. The second-order valence-electron chi connectivity index (χ2n) is 9.83. The predicted octanol–water partition coefficient (Wildman–Crippen LogP) is 4.39. The maximum absolute atomic E-state index is 14.1. The highest BCUT2D eigenvalue weighted by Gasteiger charge is 2.39. The average molecular weight is 625 g/mol. The van der Waals surface area contributed by atoms with Crippen molar-refractivity contribution >= 4 is 23.7 Å². The molecule has 0 aliphatic carbocycles. The van der Waals surface area contributed by atoms with E-state index in [1.54, 1.807) is 6.07 Å². The Bertz CT molecular complexity index is 1260. The lowest BCUT2D eigenvalue weighted by atomic mass is 10.0. The van der Waals surface area contributed by atoms with Gasteiger partial charge in [-0.25, -0.2) is 19.0 Å². The van der Waals surface area contributed by atoms with Gasteiger partial charge in [0.1, 0.15) is 11.6 Å². The molecule has 2 N–H and O–H groups in total. The first-order valence-corrected chi connectivity index (χ1v) is 13.0. The lowest BCUT2D eigenvalue weighted by molar-refractivity contribution is -0.193. The first-order valence-electron chi connectivity index (χ1n) is 13.0. The molecule has 2 aliphatic rings. The van der Waals surface area contributed by atoms with Gasteiger partial charge in [0.15, 0.2) is 0 Å². The molecule has 3 heterocycles. The zero-order valence-corrected chi connectivity index (χ0v) is 23.3. The molecular weight excluding hydrogens is 593 g/mol. The number of aliphatic carboxylic acids is 2. The van der Waals surface area contributed by atoms with Crippen molar-refractivity contribution in [3.8, 4) is 0 Å². The van der Waals surface area contributed by atoms with Crippen LogP contribution < -0.4 is 4.90 Å². The molecule has 0 spiro atoms. The highest BCUT2D eigenvalue weighted by Crippen LogP contribution is 2.26. The van der Waals surface area contributed by atoms with E-state index in [9.17, 15) is 35.5 Å². The molecule has 1 fully saturated rings. The van der Waals surface area contributed by atoms with Crippen molar-refractivity contribution in [3.05, 3.63) is 58.5 Å². The molecular formula is C27H31F7N4O5. The Morgan fingerprint density at radius 1 is 0.884 bits per heavy atom. The van der Waals surface area contributed by atoms with E-state index < -0.39 is 24.3 Å². The zero-order chi connectivity index (χ0) is 32.5. The fourth-order valence-corrected chi connectivity index (χ4v) is 4.28. The number of hydrogen-bond acceptors (Lipinski definition) is 6. The monoisotopic (exact) mass is 624 g/mol. The van der Waals surface area contributed by atoms with Gasteiger partial charge in [0, 0.05) is 64.5 Å². The smallest absolute Gasteiger partial charge is 0.475 e. The van der Waals surface area contributed by atoms with Gasteiger partial charge in [0.05, 0.1) is 5.56 Å². The summed E-state index contributed by atoms with van der Waals surface area (Å²) in [5, 5.41) is 14.2. The average Bonchev–Trinajstić information content (AvgIpc) is 3.38. The summed E-state index contributed by atoms with van der Waals surface area (Å²) in [5.74, 6) is -4.82. The Balaban J connectivity index is 0.000000384. The Labute approximate surface area is 242 Å². The molecule has 2 aromatic rings. The van der Waals surface area contributed by atoms with Crippen molar-refractivity contribution in [1.82, 2.24) is 14.8 Å². The number of anilines is 1. The summed E-state index contributed by atoms with van der Waals surface area (Å²) >= 11 is 0. The number of hydrogen-bond donors (Lipinski definition) is 2. The normalized spacial score (nSPS) is 15.2. The summed E-state index contributed by atoms with van der Waals surface area (Å²) in [4.78, 5) is 41.9. The largest absolute Gasteiger partial charge is 0.490 e. The molecule has 9 nitrogen and oxygen atoms in total. The number of likely N-dealkylation sites (tertiary alicyclic amines) is 1. The molecule has 1 amide bonds. The molecule has 0 saturated carbocycles. The number of alkyl halides is 6. The first kappa shape index (κ1) is 35.2. The van der Waals surface area contributed by atoms with Crippen molar-refractivity contribution in [1.29, 1.82) is 0 Å². The Morgan fingerprint density at radius 2 is 1.40 bits per heavy atom. The number of aromatic nitrogens is 1. The number of pyridine rings is 1. The number of rotatable bonds is 4. The van der Waals surface area contributed by atoms with E-state index >= 15 is 0 Å². The fourth-order valence-electron chi connectivity index (χ4n) is 4.28. The molecule has 0 unspecified atom stereocenters. The molecule has 0 radical (unpaired) electrons. The van der Waals surface area contributed by atoms with Crippen molar-refractivity contribution in [2.45, 2.75) is 44.6 Å². The van der Waals surface area contributed by atoms with Crippen LogP contribution in [-0.4, -0.2) is 95.5 Å². The van der Waals surface area contributed by atoms with Gasteiger partial charge in [0.25, 0.3) is 5.91 Å². The summed E-state index contributed by atoms with van der Waals surface area (Å²) in [6.45, 7) is 3.93. The van der Waals surface area contributed by atoms with Crippen LogP contribution in [0.25, 0.3) is 0 Å². The summed E-state index contributed by atoms with van der Waals surface area (Å²) in [6, 6.07) is 9.03. The minimum atomic E-state index is -5.08. The number of halogens is 7. The molecule has 43 heavy (non-hydrogen) atoms. The third-order valence-corrected chi connectivity index (χ3v) is 6.42. The van der Waals surface area contributed by atoms with Crippen LogP contribution in [0.3, 0.4) is 0 Å². The number of benzene rings is 1. The molecule has 1 aromatic carbocycles. The third-order valence-electron chi connectivity index (χ3n) is 6.42. The molecule has 16 heteroatoms. The quantitative estimate of drug-likeness (QED) is 0.482. The SMILES string of the molecule is CN(C)c1nc2c(cc1C(=O)N1CCCC1)CCN(Cc1ccccc1F)CC2.O=C(O)C(F)(F)F.O=C(O)C(F)(F)F. The zero-order valence-electron chi connectivity index (χ0n) is 23.3. The molecule has 4 rings (SSSR count). The van der Waals surface area contributed by atoms with Crippen molar-refractivity contribution in [2.75, 3.05) is 45.2 Å². The fraction of sp³-hybridized carbons (Fsp3) is 0.481. The molecule has 1 saturated heterocycles. The third kappa shape index (κ3) is 10.7. The van der Waals surface area contributed by atoms with Crippen LogP contribution >= 0.6 is 0 Å². The van der Waals surface area contributed by atoms with Crippen LogP contribution in [-0.2, 0) is 29.0 Å². The summed E-state index contributed by atoms with van der Waals surface area (Å²) in [5.41, 5.74) is 3.64. The van der Waals surface area contributed by atoms with E-state index in [0.717, 1.165) is 74.5 Å². The summed E-state index contributed by atoms with van der Waals surface area (Å²) < 4.78 is 77.5. The van der Waals surface area contributed by atoms with E-state index in [2.05, 4.69) is 11.0 Å². The van der Waals surface area contributed by atoms with E-state index in [-0.39, 0.29) is 11.7 Å². The Kier molecular flexibility index (Phi) is 12.3. The minimum absolute atomic E-state index is 0.0916. The van der Waals surface area contributed by atoms with Crippen molar-refractivity contribution < 1.29 is 55.3 Å². The van der Waals surface area contributed by atoms with E-state index in [4.69, 9.17) is 24.8 Å². The maximum atomic E-state index is 14.1. The number of fused-ring (bicyclic) bond motifs is 1. The summed E-state index contributed by atoms with van der Waals surface area (Å²) in [6.07, 6.45) is -6.38. The number of amides is 1. The van der Waals surface area contributed by atoms with Crippen LogP contribution in [0.2, 0.25) is 0 Å².